The Morgan fingerprint density at radius 1 is 1.31 bits per heavy atom. The number of amides is 1. The average molecular weight is 221 g/mol. The molecule has 1 aromatic rings. The molecule has 1 amide bonds. The smallest absolute Gasteiger partial charge is 0.217 e. The Hall–Kier alpha value is -1.51. The summed E-state index contributed by atoms with van der Waals surface area (Å²) in [4.78, 5) is 10.7. The zero-order valence-corrected chi connectivity index (χ0v) is 10.1. The molecule has 1 aromatic carbocycles. The molecular formula is C13H19NO2. The zero-order chi connectivity index (χ0) is 12.0. The van der Waals surface area contributed by atoms with Gasteiger partial charge in [0, 0.05) is 13.5 Å². The minimum atomic E-state index is -0.0138. The lowest BCUT2D eigenvalue weighted by Gasteiger charge is -2.09. The van der Waals surface area contributed by atoms with Crippen LogP contribution < -0.4 is 10.1 Å². The molecule has 0 radical (unpaired) electrons. The Kier molecular flexibility index (Phi) is 4.83. The van der Waals surface area contributed by atoms with E-state index in [1.54, 1.807) is 0 Å². The van der Waals surface area contributed by atoms with E-state index in [4.69, 9.17) is 4.74 Å². The predicted molar refractivity (Wildman–Crippen MR) is 64.3 cm³/mol. The number of hydrogen-bond donors (Lipinski definition) is 1. The number of carbonyl (C=O) groups is 1. The molecule has 0 aliphatic rings. The van der Waals surface area contributed by atoms with Crippen LogP contribution in [0.1, 0.15) is 26.3 Å². The van der Waals surface area contributed by atoms with E-state index >= 15 is 0 Å². The quantitative estimate of drug-likeness (QED) is 0.829. The second-order valence-electron chi connectivity index (χ2n) is 4.26. The molecule has 3 heteroatoms. The van der Waals surface area contributed by atoms with Crippen LogP contribution in [0, 0.1) is 5.92 Å². The van der Waals surface area contributed by atoms with Gasteiger partial charge in [-0.05, 0) is 23.6 Å². The van der Waals surface area contributed by atoms with Crippen molar-refractivity contribution in [3.05, 3.63) is 29.8 Å². The van der Waals surface area contributed by atoms with E-state index in [1.807, 2.05) is 24.3 Å². The molecule has 0 spiro atoms. The highest BCUT2D eigenvalue weighted by atomic mass is 16.5. The lowest BCUT2D eigenvalue weighted by atomic mass is 10.2. The van der Waals surface area contributed by atoms with E-state index in [0.29, 0.717) is 12.5 Å². The van der Waals surface area contributed by atoms with Crippen LogP contribution in [0.15, 0.2) is 24.3 Å². The molecule has 0 aromatic heterocycles. The van der Waals surface area contributed by atoms with E-state index in [0.717, 1.165) is 17.9 Å². The number of benzene rings is 1. The normalized spacial score (nSPS) is 10.2. The Bertz CT molecular complexity index is 330. The van der Waals surface area contributed by atoms with Crippen molar-refractivity contribution in [1.82, 2.24) is 5.32 Å². The number of nitrogens with one attached hydrogen (secondary N) is 1. The number of hydrogen-bond acceptors (Lipinski definition) is 2. The summed E-state index contributed by atoms with van der Waals surface area (Å²) in [6, 6.07) is 7.79. The summed E-state index contributed by atoms with van der Waals surface area (Å²) >= 11 is 0. The fourth-order valence-electron chi connectivity index (χ4n) is 1.19. The summed E-state index contributed by atoms with van der Waals surface area (Å²) in [7, 11) is 0. The molecule has 0 atom stereocenters. The molecule has 0 unspecified atom stereocenters. The van der Waals surface area contributed by atoms with Gasteiger partial charge in [-0.1, -0.05) is 26.0 Å². The second kappa shape index (κ2) is 6.16. The monoisotopic (exact) mass is 221 g/mol. The lowest BCUT2D eigenvalue weighted by Crippen LogP contribution is -2.18. The third kappa shape index (κ3) is 4.82. The van der Waals surface area contributed by atoms with E-state index in [2.05, 4.69) is 19.2 Å². The molecule has 0 saturated heterocycles. The maximum Gasteiger partial charge on any atom is 0.217 e. The van der Waals surface area contributed by atoms with Gasteiger partial charge in [-0.2, -0.15) is 0 Å². The number of rotatable bonds is 5. The van der Waals surface area contributed by atoms with Crippen LogP contribution in [0.25, 0.3) is 0 Å². The van der Waals surface area contributed by atoms with Crippen LogP contribution in [0.4, 0.5) is 0 Å². The van der Waals surface area contributed by atoms with Crippen LogP contribution in [0.5, 0.6) is 5.75 Å². The zero-order valence-electron chi connectivity index (χ0n) is 10.1. The van der Waals surface area contributed by atoms with Gasteiger partial charge >= 0.3 is 0 Å². The summed E-state index contributed by atoms with van der Waals surface area (Å²) in [6.07, 6.45) is 0. The second-order valence-corrected chi connectivity index (χ2v) is 4.26. The number of carbonyl (C=O) groups excluding carboxylic acids is 1. The predicted octanol–water partition coefficient (Wildman–Crippen LogP) is 2.36. The van der Waals surface area contributed by atoms with Crippen molar-refractivity contribution in [1.29, 1.82) is 0 Å². The summed E-state index contributed by atoms with van der Waals surface area (Å²) < 4.78 is 5.56. The SMILES string of the molecule is CC(=O)NCc1ccc(OCC(C)C)cc1. The highest BCUT2D eigenvalue weighted by molar-refractivity contribution is 5.72. The molecule has 1 rings (SSSR count). The van der Waals surface area contributed by atoms with Gasteiger partial charge in [0.25, 0.3) is 0 Å². The van der Waals surface area contributed by atoms with Crippen molar-refractivity contribution in [2.45, 2.75) is 27.3 Å². The van der Waals surface area contributed by atoms with Crippen LogP contribution in [0.3, 0.4) is 0 Å². The van der Waals surface area contributed by atoms with Gasteiger partial charge in [-0.25, -0.2) is 0 Å². The van der Waals surface area contributed by atoms with E-state index in [-0.39, 0.29) is 5.91 Å². The van der Waals surface area contributed by atoms with Gasteiger partial charge in [0.05, 0.1) is 6.61 Å². The molecule has 0 aliphatic heterocycles. The van der Waals surface area contributed by atoms with Gasteiger partial charge in [0.2, 0.25) is 5.91 Å². The van der Waals surface area contributed by atoms with Gasteiger partial charge in [-0.15, -0.1) is 0 Å². The Balaban J connectivity index is 2.44. The van der Waals surface area contributed by atoms with Crippen molar-refractivity contribution in [3.63, 3.8) is 0 Å². The summed E-state index contributed by atoms with van der Waals surface area (Å²) in [5, 5.41) is 2.75. The Morgan fingerprint density at radius 2 is 1.94 bits per heavy atom. The first-order chi connectivity index (χ1) is 7.58. The maximum atomic E-state index is 10.7. The third-order valence-corrected chi connectivity index (χ3v) is 2.05. The Labute approximate surface area is 96.8 Å². The molecule has 0 saturated carbocycles. The fraction of sp³-hybridized carbons (Fsp3) is 0.462. The molecule has 0 aliphatic carbocycles. The highest BCUT2D eigenvalue weighted by Gasteiger charge is 1.98. The average Bonchev–Trinajstić information content (AvgIpc) is 2.25. The van der Waals surface area contributed by atoms with Crippen LogP contribution >= 0.6 is 0 Å². The van der Waals surface area contributed by atoms with Crippen LogP contribution in [-0.2, 0) is 11.3 Å². The standard InChI is InChI=1S/C13H19NO2/c1-10(2)9-16-13-6-4-12(5-7-13)8-14-11(3)15/h4-7,10H,8-9H2,1-3H3,(H,14,15). The van der Waals surface area contributed by atoms with Crippen molar-refractivity contribution in [2.24, 2.45) is 5.92 Å². The highest BCUT2D eigenvalue weighted by Crippen LogP contribution is 2.13. The largest absolute Gasteiger partial charge is 0.493 e. The topological polar surface area (TPSA) is 38.3 Å². The third-order valence-electron chi connectivity index (χ3n) is 2.05. The summed E-state index contributed by atoms with van der Waals surface area (Å²) in [6.45, 7) is 7.04. The van der Waals surface area contributed by atoms with Crippen LogP contribution in [0.2, 0.25) is 0 Å². The lowest BCUT2D eigenvalue weighted by molar-refractivity contribution is -0.119. The minimum absolute atomic E-state index is 0.0138. The molecule has 88 valence electrons. The molecular weight excluding hydrogens is 202 g/mol. The first-order valence-corrected chi connectivity index (χ1v) is 5.54. The first kappa shape index (κ1) is 12.6. The van der Waals surface area contributed by atoms with Gasteiger partial charge < -0.3 is 10.1 Å². The van der Waals surface area contributed by atoms with Crippen molar-refractivity contribution in [3.8, 4) is 5.75 Å². The number of ether oxygens (including phenoxy) is 1. The molecule has 0 heterocycles. The first-order valence-electron chi connectivity index (χ1n) is 5.54. The van der Waals surface area contributed by atoms with E-state index < -0.39 is 0 Å². The van der Waals surface area contributed by atoms with Crippen molar-refractivity contribution in [2.75, 3.05) is 6.61 Å². The van der Waals surface area contributed by atoms with E-state index in [9.17, 15) is 4.79 Å². The fourth-order valence-corrected chi connectivity index (χ4v) is 1.19. The Morgan fingerprint density at radius 3 is 2.44 bits per heavy atom. The molecule has 1 N–H and O–H groups in total. The summed E-state index contributed by atoms with van der Waals surface area (Å²) in [5.41, 5.74) is 1.08. The summed E-state index contributed by atoms with van der Waals surface area (Å²) in [5.74, 6) is 1.39. The van der Waals surface area contributed by atoms with Gasteiger partial charge in [-0.3, -0.25) is 4.79 Å². The van der Waals surface area contributed by atoms with Crippen LogP contribution in [-0.4, -0.2) is 12.5 Å². The molecule has 0 bridgehead atoms. The van der Waals surface area contributed by atoms with Crippen molar-refractivity contribution >= 4 is 5.91 Å². The van der Waals surface area contributed by atoms with E-state index in [1.165, 1.54) is 6.92 Å². The molecule has 0 fully saturated rings. The molecule has 3 nitrogen and oxygen atoms in total. The van der Waals surface area contributed by atoms with Gasteiger partial charge in [0.1, 0.15) is 5.75 Å². The minimum Gasteiger partial charge on any atom is -0.493 e. The molecule has 16 heavy (non-hydrogen) atoms. The van der Waals surface area contributed by atoms with Gasteiger partial charge in [0.15, 0.2) is 0 Å². The maximum absolute atomic E-state index is 10.7. The van der Waals surface area contributed by atoms with Crippen molar-refractivity contribution < 1.29 is 9.53 Å².